The summed E-state index contributed by atoms with van der Waals surface area (Å²) in [5.74, 6) is 0. The second-order valence-corrected chi connectivity index (χ2v) is 5.32. The Morgan fingerprint density at radius 3 is 2.42 bits per heavy atom. The van der Waals surface area contributed by atoms with E-state index in [1.165, 1.54) is 4.31 Å². The Labute approximate surface area is 72.6 Å². The van der Waals surface area contributed by atoms with Crippen LogP contribution in [0, 0.1) is 0 Å². The highest BCUT2D eigenvalue weighted by Gasteiger charge is 2.41. The lowest BCUT2D eigenvalue weighted by Crippen LogP contribution is -2.45. The fraction of sp³-hybridized carbons (Fsp3) is 0.857. The van der Waals surface area contributed by atoms with Gasteiger partial charge in [0.25, 0.3) is 0 Å². The van der Waals surface area contributed by atoms with Crippen LogP contribution >= 0.6 is 0 Å². The van der Waals surface area contributed by atoms with E-state index in [9.17, 15) is 13.2 Å². The molecule has 0 amide bonds. The Balaban J connectivity index is 3.00. The summed E-state index contributed by atoms with van der Waals surface area (Å²) in [5.41, 5.74) is -0.798. The summed E-state index contributed by atoms with van der Waals surface area (Å²) >= 11 is 0. The zero-order valence-electron chi connectivity index (χ0n) is 7.28. The van der Waals surface area contributed by atoms with E-state index in [1.54, 1.807) is 6.92 Å². The average molecular weight is 191 g/mol. The van der Waals surface area contributed by atoms with Crippen molar-refractivity contribution in [3.63, 3.8) is 0 Å². The number of hydrogen-bond donors (Lipinski definition) is 0. The first kappa shape index (κ1) is 9.67. The molecule has 12 heavy (non-hydrogen) atoms. The maximum Gasteiger partial charge on any atom is 0.212 e. The van der Waals surface area contributed by atoms with Gasteiger partial charge in [-0.2, -0.15) is 4.31 Å². The van der Waals surface area contributed by atoms with E-state index in [-0.39, 0.29) is 0 Å². The number of carbonyl (C=O) groups is 1. The largest absolute Gasteiger partial charge is 0.301 e. The van der Waals surface area contributed by atoms with E-state index >= 15 is 0 Å². The number of nitrogens with zero attached hydrogens (tertiary/aromatic N) is 1. The van der Waals surface area contributed by atoms with Gasteiger partial charge in [0, 0.05) is 6.54 Å². The molecule has 0 bridgehead atoms. The third-order valence-corrected chi connectivity index (χ3v) is 3.67. The van der Waals surface area contributed by atoms with Gasteiger partial charge < -0.3 is 4.79 Å². The molecule has 0 aliphatic carbocycles. The van der Waals surface area contributed by atoms with Gasteiger partial charge in [-0.15, -0.1) is 0 Å². The molecule has 0 radical (unpaired) electrons. The molecule has 1 rings (SSSR count). The molecule has 1 aliphatic heterocycles. The van der Waals surface area contributed by atoms with Crippen molar-refractivity contribution < 1.29 is 13.2 Å². The fourth-order valence-corrected chi connectivity index (χ4v) is 2.98. The normalized spacial score (nSPS) is 32.2. The lowest BCUT2D eigenvalue weighted by molar-refractivity contribution is -0.114. The van der Waals surface area contributed by atoms with E-state index in [2.05, 4.69) is 0 Å². The van der Waals surface area contributed by atoms with Crippen LogP contribution < -0.4 is 0 Å². The van der Waals surface area contributed by atoms with Crippen LogP contribution in [0.1, 0.15) is 19.8 Å². The predicted molar refractivity (Wildman–Crippen MR) is 45.3 cm³/mol. The van der Waals surface area contributed by atoms with Crippen LogP contribution in [0.4, 0.5) is 0 Å². The molecule has 4 nitrogen and oxygen atoms in total. The summed E-state index contributed by atoms with van der Waals surface area (Å²) in [5, 5.41) is 0. The number of aldehydes is 1. The standard InChI is InChI=1S/C7H13NO3S/c1-7(6-9)4-3-5-8(7)12(2,10)11/h6H,3-5H2,1-2H3/t7-/m0/s1. The minimum Gasteiger partial charge on any atom is -0.301 e. The van der Waals surface area contributed by atoms with E-state index in [0.717, 1.165) is 19.0 Å². The number of carbonyl (C=O) groups excluding carboxylic acids is 1. The molecule has 1 aliphatic rings. The van der Waals surface area contributed by atoms with Crippen molar-refractivity contribution in [1.82, 2.24) is 4.31 Å². The van der Waals surface area contributed by atoms with E-state index in [0.29, 0.717) is 13.0 Å². The Morgan fingerprint density at radius 1 is 1.50 bits per heavy atom. The van der Waals surface area contributed by atoms with Gasteiger partial charge in [0.05, 0.1) is 11.8 Å². The quantitative estimate of drug-likeness (QED) is 0.577. The molecule has 0 saturated carbocycles. The number of hydrogen-bond acceptors (Lipinski definition) is 3. The van der Waals surface area contributed by atoms with Crippen molar-refractivity contribution in [2.45, 2.75) is 25.3 Å². The van der Waals surface area contributed by atoms with Crippen molar-refractivity contribution in [3.05, 3.63) is 0 Å². The van der Waals surface area contributed by atoms with E-state index in [4.69, 9.17) is 0 Å². The number of sulfonamides is 1. The Morgan fingerprint density at radius 2 is 2.08 bits per heavy atom. The SMILES string of the molecule is C[C@@]1(C=O)CCCN1S(C)(=O)=O. The van der Waals surface area contributed by atoms with Crippen molar-refractivity contribution in [3.8, 4) is 0 Å². The highest BCUT2D eigenvalue weighted by molar-refractivity contribution is 7.88. The molecule has 0 aromatic carbocycles. The molecule has 1 saturated heterocycles. The molecule has 0 N–H and O–H groups in total. The first-order chi connectivity index (χ1) is 5.40. The van der Waals surface area contributed by atoms with Crippen molar-refractivity contribution >= 4 is 16.3 Å². The molecule has 0 aromatic heterocycles. The van der Waals surface area contributed by atoms with Crippen LogP contribution in [0.2, 0.25) is 0 Å². The Bertz CT molecular complexity index is 285. The maximum atomic E-state index is 11.2. The van der Waals surface area contributed by atoms with Gasteiger partial charge >= 0.3 is 0 Å². The number of rotatable bonds is 2. The second kappa shape index (κ2) is 2.81. The van der Waals surface area contributed by atoms with Crippen LogP contribution in [0.15, 0.2) is 0 Å². The minimum atomic E-state index is -3.22. The minimum absolute atomic E-state index is 0.466. The van der Waals surface area contributed by atoms with Crippen molar-refractivity contribution in [1.29, 1.82) is 0 Å². The third-order valence-electron chi connectivity index (χ3n) is 2.27. The van der Waals surface area contributed by atoms with Gasteiger partial charge in [-0.05, 0) is 19.8 Å². The average Bonchev–Trinajstić information content (AvgIpc) is 2.31. The zero-order valence-corrected chi connectivity index (χ0v) is 8.10. The summed E-state index contributed by atoms with van der Waals surface area (Å²) in [6.07, 6.45) is 3.26. The molecule has 0 unspecified atom stereocenters. The maximum absolute atomic E-state index is 11.2. The zero-order chi connectivity index (χ0) is 9.41. The lowest BCUT2D eigenvalue weighted by atomic mass is 10.0. The Hall–Kier alpha value is -0.420. The fourth-order valence-electron chi connectivity index (χ4n) is 1.62. The monoisotopic (exact) mass is 191 g/mol. The summed E-state index contributed by atoms with van der Waals surface area (Å²) in [7, 11) is -3.22. The van der Waals surface area contributed by atoms with E-state index in [1.807, 2.05) is 0 Å². The topological polar surface area (TPSA) is 54.5 Å². The molecule has 1 fully saturated rings. The van der Waals surface area contributed by atoms with Gasteiger partial charge in [0.2, 0.25) is 10.0 Å². The van der Waals surface area contributed by atoms with Gasteiger partial charge in [-0.25, -0.2) is 8.42 Å². The first-order valence-electron chi connectivity index (χ1n) is 3.84. The van der Waals surface area contributed by atoms with Crippen molar-refractivity contribution in [2.75, 3.05) is 12.8 Å². The van der Waals surface area contributed by atoms with E-state index < -0.39 is 15.6 Å². The molecule has 70 valence electrons. The second-order valence-electron chi connectivity index (χ2n) is 3.41. The smallest absolute Gasteiger partial charge is 0.212 e. The third kappa shape index (κ3) is 1.51. The van der Waals surface area contributed by atoms with Gasteiger partial charge in [-0.3, -0.25) is 0 Å². The summed E-state index contributed by atoms with van der Waals surface area (Å²) in [6, 6.07) is 0. The highest BCUT2D eigenvalue weighted by Crippen LogP contribution is 2.28. The van der Waals surface area contributed by atoms with Crippen LogP contribution in [0.25, 0.3) is 0 Å². The van der Waals surface area contributed by atoms with Crippen LogP contribution in [-0.4, -0.2) is 37.3 Å². The molecule has 5 heteroatoms. The van der Waals surface area contributed by atoms with Gasteiger partial charge in [0.15, 0.2) is 0 Å². The lowest BCUT2D eigenvalue weighted by Gasteiger charge is -2.27. The van der Waals surface area contributed by atoms with Crippen molar-refractivity contribution in [2.24, 2.45) is 0 Å². The van der Waals surface area contributed by atoms with Crippen LogP contribution in [0.5, 0.6) is 0 Å². The molecular weight excluding hydrogens is 178 g/mol. The molecular formula is C7H13NO3S. The summed E-state index contributed by atoms with van der Waals surface area (Å²) < 4.78 is 23.6. The molecule has 0 aromatic rings. The summed E-state index contributed by atoms with van der Waals surface area (Å²) in [4.78, 5) is 10.7. The predicted octanol–water partition coefficient (Wildman–Crippen LogP) is -0.000600. The molecule has 1 heterocycles. The van der Waals surface area contributed by atoms with Gasteiger partial charge in [-0.1, -0.05) is 0 Å². The molecule has 1 atom stereocenters. The van der Waals surface area contributed by atoms with Crippen LogP contribution in [0.3, 0.4) is 0 Å². The molecule has 0 spiro atoms. The Kier molecular flexibility index (Phi) is 2.27. The van der Waals surface area contributed by atoms with Gasteiger partial charge in [0.1, 0.15) is 6.29 Å². The summed E-state index contributed by atoms with van der Waals surface area (Å²) in [6.45, 7) is 2.13. The first-order valence-corrected chi connectivity index (χ1v) is 5.69. The van der Waals surface area contributed by atoms with Crippen LogP contribution in [-0.2, 0) is 14.8 Å². The highest BCUT2D eigenvalue weighted by atomic mass is 32.2.